The molecule has 0 nitrogen and oxygen atoms in total. The number of aryl methyl sites for hydroxylation is 1. The van der Waals surface area contributed by atoms with Gasteiger partial charge in [-0.15, -0.1) is 23.1 Å². The van der Waals surface area contributed by atoms with Gasteiger partial charge < -0.3 is 0 Å². The van der Waals surface area contributed by atoms with E-state index in [0.717, 1.165) is 5.02 Å². The summed E-state index contributed by atoms with van der Waals surface area (Å²) in [5.41, 5.74) is 0. The Morgan fingerprint density at radius 3 is 2.85 bits per heavy atom. The van der Waals surface area contributed by atoms with Gasteiger partial charge in [-0.05, 0) is 31.4 Å². The first kappa shape index (κ1) is 9.38. The molecule has 0 spiro atoms. The van der Waals surface area contributed by atoms with E-state index in [4.69, 9.17) is 11.6 Å². The highest BCUT2D eigenvalue weighted by Gasteiger charge is 2.07. The van der Waals surface area contributed by atoms with Gasteiger partial charge in [0.25, 0.3) is 0 Å². The van der Waals surface area contributed by atoms with Crippen molar-refractivity contribution in [3.8, 4) is 0 Å². The Labute approximate surface area is 90.9 Å². The number of fused-ring (bicyclic) bond motifs is 1. The van der Waals surface area contributed by atoms with Gasteiger partial charge in [-0.25, -0.2) is 0 Å². The van der Waals surface area contributed by atoms with Crippen LogP contribution in [0.5, 0.6) is 0 Å². The molecule has 1 aromatic heterocycles. The molecule has 3 heteroatoms. The van der Waals surface area contributed by atoms with Crippen molar-refractivity contribution in [2.75, 3.05) is 6.26 Å². The number of hydrogen-bond acceptors (Lipinski definition) is 2. The lowest BCUT2D eigenvalue weighted by Crippen LogP contribution is -1.69. The monoisotopic (exact) mass is 228 g/mol. The molecule has 1 heterocycles. The summed E-state index contributed by atoms with van der Waals surface area (Å²) in [6, 6.07) is 6.09. The molecular weight excluding hydrogens is 220 g/mol. The lowest BCUT2D eigenvalue weighted by Gasteiger charge is -1.95. The Morgan fingerprint density at radius 2 is 2.15 bits per heavy atom. The van der Waals surface area contributed by atoms with Gasteiger partial charge in [0.1, 0.15) is 0 Å². The second-order valence-electron chi connectivity index (χ2n) is 2.83. The highest BCUT2D eigenvalue weighted by atomic mass is 35.5. The fourth-order valence-electron chi connectivity index (χ4n) is 1.42. The van der Waals surface area contributed by atoms with Crippen molar-refractivity contribution in [3.05, 3.63) is 28.1 Å². The Bertz CT molecular complexity index is 445. The van der Waals surface area contributed by atoms with Crippen LogP contribution < -0.4 is 0 Å². The molecule has 0 atom stereocenters. The molecule has 2 aromatic rings. The van der Waals surface area contributed by atoms with E-state index in [2.05, 4.69) is 19.2 Å². The average molecular weight is 229 g/mol. The van der Waals surface area contributed by atoms with Gasteiger partial charge in [0, 0.05) is 24.9 Å². The van der Waals surface area contributed by atoms with Gasteiger partial charge in [-0.3, -0.25) is 0 Å². The van der Waals surface area contributed by atoms with Crippen LogP contribution in [0.3, 0.4) is 0 Å². The minimum atomic E-state index is 0.820. The summed E-state index contributed by atoms with van der Waals surface area (Å²) in [5.74, 6) is 0. The van der Waals surface area contributed by atoms with Gasteiger partial charge in [0.15, 0.2) is 0 Å². The number of halogens is 1. The molecule has 0 aliphatic rings. The Hall–Kier alpha value is -0.180. The van der Waals surface area contributed by atoms with Crippen LogP contribution in [-0.4, -0.2) is 6.26 Å². The Morgan fingerprint density at radius 1 is 1.38 bits per heavy atom. The minimum absolute atomic E-state index is 0.820. The van der Waals surface area contributed by atoms with Crippen molar-refractivity contribution in [1.82, 2.24) is 0 Å². The van der Waals surface area contributed by atoms with Crippen molar-refractivity contribution in [2.45, 2.75) is 11.8 Å². The summed E-state index contributed by atoms with van der Waals surface area (Å²) in [6.07, 6.45) is 2.11. The summed E-state index contributed by atoms with van der Waals surface area (Å²) >= 11 is 9.58. The summed E-state index contributed by atoms with van der Waals surface area (Å²) in [4.78, 5) is 2.74. The standard InChI is InChI=1S/C10H9ClS2/c1-6-10(12-2)8-5-7(11)3-4-9(8)13-6/h3-5H,1-2H3. The van der Waals surface area contributed by atoms with E-state index in [1.807, 2.05) is 23.5 Å². The third-order valence-electron chi connectivity index (χ3n) is 1.97. The Balaban J connectivity index is 2.80. The smallest absolute Gasteiger partial charge is 0.0413 e. The van der Waals surface area contributed by atoms with Crippen LogP contribution in [0.1, 0.15) is 4.88 Å². The van der Waals surface area contributed by atoms with Crippen LogP contribution in [-0.2, 0) is 0 Å². The first-order valence-corrected chi connectivity index (χ1v) is 6.37. The van der Waals surface area contributed by atoms with Crippen LogP contribution in [0, 0.1) is 6.92 Å². The lowest BCUT2D eigenvalue weighted by molar-refractivity contribution is 1.47. The van der Waals surface area contributed by atoms with E-state index >= 15 is 0 Å². The van der Waals surface area contributed by atoms with Crippen molar-refractivity contribution in [1.29, 1.82) is 0 Å². The van der Waals surface area contributed by atoms with Gasteiger partial charge in [-0.1, -0.05) is 11.6 Å². The van der Waals surface area contributed by atoms with Gasteiger partial charge in [0.05, 0.1) is 0 Å². The van der Waals surface area contributed by atoms with Crippen molar-refractivity contribution in [2.24, 2.45) is 0 Å². The maximum atomic E-state index is 5.95. The molecule has 0 aliphatic carbocycles. The van der Waals surface area contributed by atoms with Crippen LogP contribution in [0.4, 0.5) is 0 Å². The fraction of sp³-hybridized carbons (Fsp3) is 0.200. The molecular formula is C10H9ClS2. The summed E-state index contributed by atoms with van der Waals surface area (Å²) < 4.78 is 1.33. The molecule has 0 bridgehead atoms. The number of thioether (sulfide) groups is 1. The average Bonchev–Trinajstić information content (AvgIpc) is 2.40. The predicted octanol–water partition coefficient (Wildman–Crippen LogP) is 4.59. The minimum Gasteiger partial charge on any atom is -0.139 e. The van der Waals surface area contributed by atoms with E-state index in [1.54, 1.807) is 11.8 Å². The van der Waals surface area contributed by atoms with Crippen LogP contribution in [0.2, 0.25) is 5.02 Å². The van der Waals surface area contributed by atoms with Gasteiger partial charge in [-0.2, -0.15) is 0 Å². The number of benzene rings is 1. The summed E-state index contributed by atoms with van der Waals surface area (Å²) in [6.45, 7) is 2.16. The van der Waals surface area contributed by atoms with Crippen molar-refractivity contribution >= 4 is 44.8 Å². The normalized spacial score (nSPS) is 11.0. The quantitative estimate of drug-likeness (QED) is 0.644. The Kier molecular flexibility index (Phi) is 2.54. The third-order valence-corrected chi connectivity index (χ3v) is 4.36. The van der Waals surface area contributed by atoms with E-state index in [9.17, 15) is 0 Å². The molecule has 13 heavy (non-hydrogen) atoms. The molecule has 2 rings (SSSR count). The first-order valence-electron chi connectivity index (χ1n) is 3.95. The molecule has 0 unspecified atom stereocenters. The van der Waals surface area contributed by atoms with E-state index in [0.29, 0.717) is 0 Å². The maximum absolute atomic E-state index is 5.95. The van der Waals surface area contributed by atoms with E-state index in [1.165, 1.54) is 19.9 Å². The second kappa shape index (κ2) is 3.52. The first-order chi connectivity index (χ1) is 6.22. The maximum Gasteiger partial charge on any atom is 0.0413 e. The zero-order valence-corrected chi connectivity index (χ0v) is 9.82. The lowest BCUT2D eigenvalue weighted by atomic mass is 10.2. The zero-order valence-electron chi connectivity index (χ0n) is 7.43. The van der Waals surface area contributed by atoms with Gasteiger partial charge >= 0.3 is 0 Å². The third kappa shape index (κ3) is 1.58. The van der Waals surface area contributed by atoms with Gasteiger partial charge in [0.2, 0.25) is 0 Å². The number of thiophene rings is 1. The largest absolute Gasteiger partial charge is 0.139 e. The zero-order chi connectivity index (χ0) is 9.42. The van der Waals surface area contributed by atoms with Crippen LogP contribution in [0.25, 0.3) is 10.1 Å². The predicted molar refractivity (Wildman–Crippen MR) is 63.4 cm³/mol. The molecule has 0 amide bonds. The molecule has 0 radical (unpaired) electrons. The highest BCUT2D eigenvalue weighted by Crippen LogP contribution is 2.37. The van der Waals surface area contributed by atoms with E-state index in [-0.39, 0.29) is 0 Å². The number of hydrogen-bond donors (Lipinski definition) is 0. The van der Waals surface area contributed by atoms with E-state index < -0.39 is 0 Å². The van der Waals surface area contributed by atoms with Crippen LogP contribution >= 0.6 is 34.7 Å². The summed E-state index contributed by atoms with van der Waals surface area (Å²) in [5, 5.41) is 2.11. The molecule has 0 N–H and O–H groups in total. The second-order valence-corrected chi connectivity index (χ2v) is 5.34. The molecule has 68 valence electrons. The number of rotatable bonds is 1. The topological polar surface area (TPSA) is 0 Å². The SMILES string of the molecule is CSc1c(C)sc2ccc(Cl)cc12. The highest BCUT2D eigenvalue weighted by molar-refractivity contribution is 7.99. The molecule has 0 saturated carbocycles. The van der Waals surface area contributed by atoms with Crippen molar-refractivity contribution < 1.29 is 0 Å². The molecule has 0 aliphatic heterocycles. The summed E-state index contributed by atoms with van der Waals surface area (Å²) in [7, 11) is 0. The molecule has 0 fully saturated rings. The molecule has 1 aromatic carbocycles. The van der Waals surface area contributed by atoms with Crippen LogP contribution in [0.15, 0.2) is 23.1 Å². The molecule has 0 saturated heterocycles. The fourth-order valence-corrected chi connectivity index (χ4v) is 3.65. The van der Waals surface area contributed by atoms with Crippen molar-refractivity contribution in [3.63, 3.8) is 0 Å².